The summed E-state index contributed by atoms with van der Waals surface area (Å²) >= 11 is 0. The minimum atomic E-state index is -4.90. The van der Waals surface area contributed by atoms with Crippen LogP contribution in [0.25, 0.3) is 0 Å². The average molecular weight is 477 g/mol. The molecule has 0 saturated heterocycles. The largest absolute Gasteiger partial charge is 0.573 e. The van der Waals surface area contributed by atoms with E-state index >= 15 is 0 Å². The first kappa shape index (κ1) is 25.1. The summed E-state index contributed by atoms with van der Waals surface area (Å²) < 4.78 is 79.6. The summed E-state index contributed by atoms with van der Waals surface area (Å²) in [6.07, 6.45) is -5.17. The third kappa shape index (κ3) is 8.15. The zero-order valence-electron chi connectivity index (χ0n) is 16.6. The zero-order chi connectivity index (χ0) is 23.9. The van der Waals surface area contributed by atoms with E-state index in [-0.39, 0.29) is 24.4 Å². The molecule has 32 heavy (non-hydrogen) atoms. The second kappa shape index (κ2) is 10.4. The highest BCUT2D eigenvalue weighted by molar-refractivity contribution is 7.89. The van der Waals surface area contributed by atoms with Gasteiger partial charge in [0.25, 0.3) is 0 Å². The number of halogens is 4. The molecule has 0 heterocycles. The molecule has 0 aromatic heterocycles. The fraction of sp³-hybridized carbons (Fsp3) is 0.263. The maximum Gasteiger partial charge on any atom is 0.573 e. The average Bonchev–Trinajstić information content (AvgIpc) is 2.68. The van der Waals surface area contributed by atoms with E-state index in [4.69, 9.17) is 0 Å². The van der Waals surface area contributed by atoms with Crippen LogP contribution in [0.2, 0.25) is 0 Å². The topological polar surface area (TPSA) is 105 Å². The standard InChI is InChI=1S/C19H19F4N3O5S/c1-26(12-17(27)25-14-4-2-13(20)3-5-14)18(28)10-11-24-32(29,30)16-8-6-15(7-9-16)31-19(21,22)23/h2-9,24H,10-12H2,1H3,(H,25,27). The Kier molecular flexibility index (Phi) is 8.16. The van der Waals surface area contributed by atoms with Crippen LogP contribution in [0.1, 0.15) is 6.42 Å². The van der Waals surface area contributed by atoms with Crippen molar-refractivity contribution in [3.8, 4) is 5.75 Å². The number of carbonyl (C=O) groups excluding carboxylic acids is 2. The number of likely N-dealkylation sites (N-methyl/N-ethyl adjacent to an activating group) is 1. The lowest BCUT2D eigenvalue weighted by molar-refractivity contribution is -0.274. The molecule has 13 heteroatoms. The Hall–Kier alpha value is -3.19. The van der Waals surface area contributed by atoms with Crippen LogP contribution in [0.5, 0.6) is 5.75 Å². The van der Waals surface area contributed by atoms with Gasteiger partial charge in [0.15, 0.2) is 0 Å². The van der Waals surface area contributed by atoms with Gasteiger partial charge < -0.3 is 15.0 Å². The molecule has 0 aliphatic rings. The van der Waals surface area contributed by atoms with Gasteiger partial charge in [0, 0.05) is 25.7 Å². The molecule has 0 bridgehead atoms. The van der Waals surface area contributed by atoms with Gasteiger partial charge in [-0.3, -0.25) is 9.59 Å². The summed E-state index contributed by atoms with van der Waals surface area (Å²) in [6, 6.07) is 8.58. The van der Waals surface area contributed by atoms with Crippen LogP contribution in [-0.2, 0) is 19.6 Å². The number of hydrogen-bond donors (Lipinski definition) is 2. The highest BCUT2D eigenvalue weighted by atomic mass is 32.2. The number of rotatable bonds is 9. The third-order valence-electron chi connectivity index (χ3n) is 3.93. The second-order valence-corrected chi connectivity index (χ2v) is 8.24. The summed E-state index contributed by atoms with van der Waals surface area (Å²) in [7, 11) is -2.73. The van der Waals surface area contributed by atoms with Crippen molar-refractivity contribution < 1.29 is 40.3 Å². The lowest BCUT2D eigenvalue weighted by Gasteiger charge is -2.17. The van der Waals surface area contributed by atoms with E-state index < -0.39 is 39.8 Å². The lowest BCUT2D eigenvalue weighted by atomic mass is 10.3. The summed E-state index contributed by atoms with van der Waals surface area (Å²) in [5.41, 5.74) is 0.344. The molecule has 2 N–H and O–H groups in total. The lowest BCUT2D eigenvalue weighted by Crippen LogP contribution is -2.37. The Balaban J connectivity index is 1.81. The minimum Gasteiger partial charge on any atom is -0.406 e. The van der Waals surface area contributed by atoms with Gasteiger partial charge >= 0.3 is 6.36 Å². The van der Waals surface area contributed by atoms with Crippen molar-refractivity contribution in [2.45, 2.75) is 17.7 Å². The van der Waals surface area contributed by atoms with Gasteiger partial charge in [-0.1, -0.05) is 0 Å². The van der Waals surface area contributed by atoms with Crippen LogP contribution in [0, 0.1) is 5.82 Å². The molecular formula is C19H19F4N3O5S. The number of anilines is 1. The van der Waals surface area contributed by atoms with Crippen molar-refractivity contribution in [2.24, 2.45) is 0 Å². The molecule has 0 aliphatic carbocycles. The number of amides is 2. The van der Waals surface area contributed by atoms with E-state index in [0.717, 1.165) is 41.3 Å². The van der Waals surface area contributed by atoms with Gasteiger partial charge in [-0.2, -0.15) is 0 Å². The highest BCUT2D eigenvalue weighted by Crippen LogP contribution is 2.23. The van der Waals surface area contributed by atoms with Crippen molar-refractivity contribution in [3.05, 3.63) is 54.3 Å². The Bertz CT molecular complexity index is 1040. The first-order valence-electron chi connectivity index (χ1n) is 9.00. The molecule has 0 radical (unpaired) electrons. The van der Waals surface area contributed by atoms with Crippen LogP contribution < -0.4 is 14.8 Å². The van der Waals surface area contributed by atoms with E-state index in [2.05, 4.69) is 14.8 Å². The fourth-order valence-corrected chi connectivity index (χ4v) is 3.46. The number of nitrogens with zero attached hydrogens (tertiary/aromatic N) is 1. The molecule has 2 amide bonds. The monoisotopic (exact) mass is 477 g/mol. The third-order valence-corrected chi connectivity index (χ3v) is 5.41. The number of alkyl halides is 3. The second-order valence-electron chi connectivity index (χ2n) is 6.47. The minimum absolute atomic E-state index is 0.269. The van der Waals surface area contributed by atoms with Crippen molar-refractivity contribution in [2.75, 3.05) is 25.5 Å². The number of nitrogens with one attached hydrogen (secondary N) is 2. The molecule has 2 aromatic carbocycles. The fourth-order valence-electron chi connectivity index (χ4n) is 2.42. The number of carbonyl (C=O) groups is 2. The number of hydrogen-bond acceptors (Lipinski definition) is 5. The molecule has 0 spiro atoms. The number of benzene rings is 2. The molecular weight excluding hydrogens is 458 g/mol. The molecule has 0 saturated carbocycles. The van der Waals surface area contributed by atoms with E-state index in [9.17, 15) is 35.6 Å². The molecule has 0 aliphatic heterocycles. The van der Waals surface area contributed by atoms with Crippen LogP contribution in [0.4, 0.5) is 23.2 Å². The smallest absolute Gasteiger partial charge is 0.406 e. The molecule has 174 valence electrons. The van der Waals surface area contributed by atoms with Gasteiger partial charge in [-0.05, 0) is 48.5 Å². The SMILES string of the molecule is CN(CC(=O)Nc1ccc(F)cc1)C(=O)CCNS(=O)(=O)c1ccc(OC(F)(F)F)cc1. The highest BCUT2D eigenvalue weighted by Gasteiger charge is 2.31. The van der Waals surface area contributed by atoms with Gasteiger partial charge in [0.2, 0.25) is 21.8 Å². The van der Waals surface area contributed by atoms with Gasteiger partial charge in [-0.15, -0.1) is 13.2 Å². The normalized spacial score (nSPS) is 11.7. The molecule has 0 unspecified atom stereocenters. The summed E-state index contributed by atoms with van der Waals surface area (Å²) in [5, 5.41) is 2.48. The van der Waals surface area contributed by atoms with Crippen molar-refractivity contribution >= 4 is 27.5 Å². The molecule has 0 fully saturated rings. The molecule has 0 atom stereocenters. The Morgan fingerprint density at radius 1 is 1.03 bits per heavy atom. The first-order valence-corrected chi connectivity index (χ1v) is 10.5. The van der Waals surface area contributed by atoms with Gasteiger partial charge in [-0.25, -0.2) is 17.5 Å². The van der Waals surface area contributed by atoms with Crippen molar-refractivity contribution in [1.29, 1.82) is 0 Å². The first-order chi connectivity index (χ1) is 14.9. The summed E-state index contributed by atoms with van der Waals surface area (Å²) in [4.78, 5) is 24.8. The number of ether oxygens (including phenoxy) is 1. The number of sulfonamides is 1. The van der Waals surface area contributed by atoms with Crippen molar-refractivity contribution in [3.63, 3.8) is 0 Å². The Morgan fingerprint density at radius 2 is 1.62 bits per heavy atom. The van der Waals surface area contributed by atoms with E-state index in [1.807, 2.05) is 0 Å². The van der Waals surface area contributed by atoms with Crippen LogP contribution >= 0.6 is 0 Å². The van der Waals surface area contributed by atoms with E-state index in [1.54, 1.807) is 0 Å². The van der Waals surface area contributed by atoms with E-state index in [0.29, 0.717) is 5.69 Å². The van der Waals surface area contributed by atoms with Crippen molar-refractivity contribution in [1.82, 2.24) is 9.62 Å². The summed E-state index contributed by atoms with van der Waals surface area (Å²) in [6.45, 7) is -0.616. The molecule has 2 rings (SSSR count). The molecule has 8 nitrogen and oxygen atoms in total. The molecule has 2 aromatic rings. The predicted octanol–water partition coefficient (Wildman–Crippen LogP) is 2.49. The van der Waals surface area contributed by atoms with Crippen LogP contribution in [-0.4, -0.2) is 51.6 Å². The predicted molar refractivity (Wildman–Crippen MR) is 106 cm³/mol. The van der Waals surface area contributed by atoms with E-state index in [1.165, 1.54) is 19.2 Å². The van der Waals surface area contributed by atoms with Gasteiger partial charge in [0.05, 0.1) is 11.4 Å². The quantitative estimate of drug-likeness (QED) is 0.540. The summed E-state index contributed by atoms with van der Waals surface area (Å²) in [5.74, 6) is -2.11. The Labute approximate surface area is 181 Å². The van der Waals surface area contributed by atoms with Gasteiger partial charge in [0.1, 0.15) is 11.6 Å². The maximum atomic E-state index is 12.9. The van der Waals surface area contributed by atoms with Crippen LogP contribution in [0.15, 0.2) is 53.4 Å². The van der Waals surface area contributed by atoms with Crippen LogP contribution in [0.3, 0.4) is 0 Å². The maximum absolute atomic E-state index is 12.9. The Morgan fingerprint density at radius 3 is 2.19 bits per heavy atom. The zero-order valence-corrected chi connectivity index (χ0v) is 17.5.